The van der Waals surface area contributed by atoms with Gasteiger partial charge < -0.3 is 32.1 Å². The van der Waals surface area contributed by atoms with E-state index in [9.17, 15) is 24.3 Å². The van der Waals surface area contributed by atoms with Crippen LogP contribution < -0.4 is 27.0 Å². The van der Waals surface area contributed by atoms with Gasteiger partial charge in [0.05, 0.1) is 5.54 Å². The summed E-state index contributed by atoms with van der Waals surface area (Å²) < 4.78 is 0. The third kappa shape index (κ3) is 35.6. The number of rotatable bonds is 48. The van der Waals surface area contributed by atoms with Crippen LogP contribution in [-0.2, 0) is 19.2 Å². The Hall–Kier alpha value is -2.20. The molecular formula is C55H109N5O5. The molecule has 4 atom stereocenters. The Morgan fingerprint density at radius 3 is 1.17 bits per heavy atom. The third-order valence-corrected chi connectivity index (χ3v) is 13.3. The summed E-state index contributed by atoms with van der Waals surface area (Å²) in [6.07, 6.45) is 42.5. The lowest BCUT2D eigenvalue weighted by Crippen LogP contribution is -2.62. The van der Waals surface area contributed by atoms with Crippen LogP contribution in [0.25, 0.3) is 0 Å². The average molecular weight is 921 g/mol. The average Bonchev–Trinajstić information content (AvgIpc) is 3.26. The van der Waals surface area contributed by atoms with Gasteiger partial charge in [0, 0.05) is 0 Å². The van der Waals surface area contributed by atoms with Crippen LogP contribution >= 0.6 is 0 Å². The van der Waals surface area contributed by atoms with Crippen LogP contribution in [0, 0.1) is 11.8 Å². The lowest BCUT2D eigenvalue weighted by atomic mass is 9.84. The SMILES string of the molecule is CCCCCCCCCCCCCCCCCCN[C@](CCCCN)(CCCCCCCCCCCCCCCC)C(=O)N[C@@H](CC(C)C)C(=O)N[C@@H](C)C(=O)N[C@@H](CC(C)C)C(=O)O. The van der Waals surface area contributed by atoms with E-state index < -0.39 is 41.4 Å². The maximum Gasteiger partial charge on any atom is 0.326 e. The zero-order chi connectivity index (χ0) is 48.4. The number of carbonyl (C=O) groups excluding carboxylic acids is 3. The molecule has 0 bridgehead atoms. The summed E-state index contributed by atoms with van der Waals surface area (Å²) in [7, 11) is 0. The van der Waals surface area contributed by atoms with Gasteiger partial charge in [-0.3, -0.25) is 14.4 Å². The predicted molar refractivity (Wildman–Crippen MR) is 276 cm³/mol. The van der Waals surface area contributed by atoms with Crippen molar-refractivity contribution < 1.29 is 24.3 Å². The van der Waals surface area contributed by atoms with Gasteiger partial charge >= 0.3 is 5.97 Å². The van der Waals surface area contributed by atoms with Gasteiger partial charge in [-0.15, -0.1) is 0 Å². The molecule has 0 aromatic heterocycles. The van der Waals surface area contributed by atoms with Crippen LogP contribution in [-0.4, -0.2) is 65.6 Å². The van der Waals surface area contributed by atoms with Gasteiger partial charge in [-0.2, -0.15) is 0 Å². The highest BCUT2D eigenvalue weighted by Gasteiger charge is 2.39. The molecule has 0 spiro atoms. The van der Waals surface area contributed by atoms with Crippen molar-refractivity contribution >= 4 is 23.7 Å². The number of nitrogens with one attached hydrogen (secondary N) is 4. The number of carboxylic acids is 1. The van der Waals surface area contributed by atoms with Gasteiger partial charge in [-0.1, -0.05) is 228 Å². The molecule has 384 valence electrons. The Bertz CT molecular complexity index is 1150. The van der Waals surface area contributed by atoms with Crippen LogP contribution in [0.4, 0.5) is 0 Å². The minimum absolute atomic E-state index is 0.0688. The highest BCUT2D eigenvalue weighted by atomic mass is 16.4. The summed E-state index contributed by atoms with van der Waals surface area (Å²) in [5, 5.41) is 22.0. The molecule has 0 aliphatic carbocycles. The Morgan fingerprint density at radius 2 is 0.800 bits per heavy atom. The number of aliphatic carboxylic acids is 1. The van der Waals surface area contributed by atoms with Crippen molar-refractivity contribution in [3.8, 4) is 0 Å². The second-order valence-electron chi connectivity index (χ2n) is 20.8. The Labute approximate surface area is 401 Å². The quantitative estimate of drug-likeness (QED) is 0.0331. The number of carbonyl (C=O) groups is 4. The first kappa shape index (κ1) is 62.8. The zero-order valence-electron chi connectivity index (χ0n) is 43.9. The molecule has 0 heterocycles. The second kappa shape index (κ2) is 43.1. The highest BCUT2D eigenvalue weighted by Crippen LogP contribution is 2.25. The maximum atomic E-state index is 14.7. The molecule has 0 saturated heterocycles. The summed E-state index contributed by atoms with van der Waals surface area (Å²) in [6.45, 7) is 15.3. The number of unbranched alkanes of at least 4 members (excludes halogenated alkanes) is 29. The molecule has 10 heteroatoms. The molecular weight excluding hydrogens is 811 g/mol. The molecule has 0 rings (SSSR count). The number of carboxylic acid groups (broad SMARTS) is 1. The standard InChI is InChI=1S/C55H109N5O5/c1-8-10-12-14-16-18-20-22-24-25-27-29-31-33-35-39-43-57-55(41-37-38-42-56,40-36-34-32-30-28-26-23-21-19-17-15-13-11-9-2)54(65)60-49(44-46(3)4)52(62)58-48(7)51(61)59-50(53(63)64)45-47(5)6/h46-50,57H,8-45,56H2,1-7H3,(H,58,62)(H,59,61)(H,60,65)(H,63,64)/t48-,49-,50-,55-/m0/s1. The summed E-state index contributed by atoms with van der Waals surface area (Å²) in [5.74, 6) is -2.08. The number of hydrogen-bond donors (Lipinski definition) is 6. The van der Waals surface area contributed by atoms with E-state index in [1.54, 1.807) is 6.92 Å². The van der Waals surface area contributed by atoms with E-state index in [-0.39, 0.29) is 24.2 Å². The van der Waals surface area contributed by atoms with Gasteiger partial charge in [-0.25, -0.2) is 4.79 Å². The second-order valence-corrected chi connectivity index (χ2v) is 20.8. The van der Waals surface area contributed by atoms with Crippen LogP contribution in [0.1, 0.15) is 280 Å². The third-order valence-electron chi connectivity index (χ3n) is 13.3. The molecule has 3 amide bonds. The predicted octanol–water partition coefficient (Wildman–Crippen LogP) is 13.2. The summed E-state index contributed by atoms with van der Waals surface area (Å²) >= 11 is 0. The van der Waals surface area contributed by atoms with Crippen molar-refractivity contribution in [1.29, 1.82) is 0 Å². The first-order chi connectivity index (χ1) is 31.3. The van der Waals surface area contributed by atoms with Gasteiger partial charge in [0.1, 0.15) is 18.1 Å². The van der Waals surface area contributed by atoms with E-state index in [0.29, 0.717) is 25.8 Å². The van der Waals surface area contributed by atoms with Gasteiger partial charge in [0.25, 0.3) is 0 Å². The summed E-state index contributed by atoms with van der Waals surface area (Å²) in [6, 6.07) is -2.86. The molecule has 0 saturated carbocycles. The number of nitrogens with two attached hydrogens (primary N) is 1. The lowest BCUT2D eigenvalue weighted by Gasteiger charge is -2.36. The number of amides is 3. The van der Waals surface area contributed by atoms with Crippen molar-refractivity contribution in [2.24, 2.45) is 17.6 Å². The molecule has 0 fully saturated rings. The van der Waals surface area contributed by atoms with E-state index in [1.807, 2.05) is 27.7 Å². The van der Waals surface area contributed by atoms with Crippen LogP contribution in [0.2, 0.25) is 0 Å². The fraction of sp³-hybridized carbons (Fsp3) is 0.927. The van der Waals surface area contributed by atoms with E-state index in [4.69, 9.17) is 5.73 Å². The molecule has 65 heavy (non-hydrogen) atoms. The van der Waals surface area contributed by atoms with E-state index >= 15 is 0 Å². The highest BCUT2D eigenvalue weighted by molar-refractivity contribution is 5.95. The van der Waals surface area contributed by atoms with Crippen molar-refractivity contribution in [3.63, 3.8) is 0 Å². The normalized spacial score (nSPS) is 14.0. The minimum Gasteiger partial charge on any atom is -0.480 e. The topological polar surface area (TPSA) is 163 Å². The molecule has 0 aliphatic heterocycles. The monoisotopic (exact) mass is 920 g/mol. The van der Waals surface area contributed by atoms with Crippen molar-refractivity contribution in [3.05, 3.63) is 0 Å². The van der Waals surface area contributed by atoms with E-state index in [2.05, 4.69) is 35.1 Å². The van der Waals surface area contributed by atoms with E-state index in [0.717, 1.165) is 51.5 Å². The molecule has 0 unspecified atom stereocenters. The Kier molecular flexibility index (Phi) is 41.6. The zero-order valence-corrected chi connectivity index (χ0v) is 43.9. The lowest BCUT2D eigenvalue weighted by molar-refractivity contribution is -0.142. The minimum atomic E-state index is -1.10. The molecule has 0 aliphatic rings. The van der Waals surface area contributed by atoms with Crippen molar-refractivity contribution in [2.45, 2.75) is 303 Å². The smallest absolute Gasteiger partial charge is 0.326 e. The summed E-state index contributed by atoms with van der Waals surface area (Å²) in [5.41, 5.74) is 5.16. The van der Waals surface area contributed by atoms with Crippen molar-refractivity contribution in [2.75, 3.05) is 13.1 Å². The molecule has 0 aromatic rings. The summed E-state index contributed by atoms with van der Waals surface area (Å²) in [4.78, 5) is 53.6. The molecule has 10 nitrogen and oxygen atoms in total. The van der Waals surface area contributed by atoms with Gasteiger partial charge in [0.2, 0.25) is 17.7 Å². The fourth-order valence-corrected chi connectivity index (χ4v) is 9.17. The van der Waals surface area contributed by atoms with Crippen LogP contribution in [0.5, 0.6) is 0 Å². The fourth-order valence-electron chi connectivity index (χ4n) is 9.17. The van der Waals surface area contributed by atoms with Crippen LogP contribution in [0.3, 0.4) is 0 Å². The largest absolute Gasteiger partial charge is 0.480 e. The molecule has 7 N–H and O–H groups in total. The molecule has 0 aromatic carbocycles. The van der Waals surface area contributed by atoms with Gasteiger partial charge in [-0.05, 0) is 76.8 Å². The van der Waals surface area contributed by atoms with Gasteiger partial charge in [0.15, 0.2) is 0 Å². The molecule has 0 radical (unpaired) electrons. The Balaban J connectivity index is 5.54. The van der Waals surface area contributed by atoms with Crippen molar-refractivity contribution in [1.82, 2.24) is 21.3 Å². The number of hydrogen-bond acceptors (Lipinski definition) is 6. The first-order valence-corrected chi connectivity index (χ1v) is 27.9. The van der Waals surface area contributed by atoms with E-state index in [1.165, 1.54) is 161 Å². The van der Waals surface area contributed by atoms with Crippen LogP contribution in [0.15, 0.2) is 0 Å². The first-order valence-electron chi connectivity index (χ1n) is 27.9. The maximum absolute atomic E-state index is 14.7. The Morgan fingerprint density at radius 1 is 0.446 bits per heavy atom.